The highest BCUT2D eigenvalue weighted by atomic mass is 16.5. The lowest BCUT2D eigenvalue weighted by atomic mass is 10.0. The maximum Gasteiger partial charge on any atom is 0.160 e. The molecule has 0 saturated carbocycles. The zero-order valence-corrected chi connectivity index (χ0v) is 10.8. The summed E-state index contributed by atoms with van der Waals surface area (Å²) >= 11 is 0. The molecule has 1 aromatic carbocycles. The van der Waals surface area contributed by atoms with E-state index in [0.717, 1.165) is 18.4 Å². The van der Waals surface area contributed by atoms with Gasteiger partial charge in [0.2, 0.25) is 0 Å². The molecule has 0 aromatic heterocycles. The molecular formula is C15H20O3. The summed E-state index contributed by atoms with van der Waals surface area (Å²) in [6.07, 6.45) is 5.42. The molecule has 0 radical (unpaired) electrons. The standard InChI is InChI=1S/C15H20O3/c1-3-4-5-6-13(16)9-7-12-8-10-14(17)15(11-12)18-2/h3,8,10-11,17H,1,4-7,9H2,2H3. The van der Waals surface area contributed by atoms with E-state index in [4.69, 9.17) is 4.74 Å². The molecule has 0 spiro atoms. The molecule has 18 heavy (non-hydrogen) atoms. The minimum atomic E-state index is 0.124. The summed E-state index contributed by atoms with van der Waals surface area (Å²) in [5, 5.41) is 9.45. The number of aryl methyl sites for hydroxylation is 1. The number of phenols is 1. The van der Waals surface area contributed by atoms with Crippen LogP contribution in [0, 0.1) is 0 Å². The Morgan fingerprint density at radius 2 is 2.22 bits per heavy atom. The first-order chi connectivity index (χ1) is 8.67. The monoisotopic (exact) mass is 248 g/mol. The van der Waals surface area contributed by atoms with Gasteiger partial charge in [0.05, 0.1) is 7.11 Å². The second-order valence-corrected chi connectivity index (χ2v) is 4.23. The average molecular weight is 248 g/mol. The van der Waals surface area contributed by atoms with Crippen molar-refractivity contribution in [3.05, 3.63) is 36.4 Å². The van der Waals surface area contributed by atoms with Gasteiger partial charge in [0.15, 0.2) is 11.5 Å². The summed E-state index contributed by atoms with van der Waals surface area (Å²) < 4.78 is 5.03. The Morgan fingerprint density at radius 3 is 2.89 bits per heavy atom. The Hall–Kier alpha value is -1.77. The van der Waals surface area contributed by atoms with Gasteiger partial charge in [0.1, 0.15) is 5.78 Å². The van der Waals surface area contributed by atoms with E-state index in [2.05, 4.69) is 6.58 Å². The molecule has 0 heterocycles. The van der Waals surface area contributed by atoms with E-state index in [-0.39, 0.29) is 11.5 Å². The number of benzene rings is 1. The molecule has 0 fully saturated rings. The van der Waals surface area contributed by atoms with Crippen LogP contribution in [0.25, 0.3) is 0 Å². The zero-order valence-electron chi connectivity index (χ0n) is 10.8. The third kappa shape index (κ3) is 4.62. The molecule has 1 N–H and O–H groups in total. The van der Waals surface area contributed by atoms with Crippen molar-refractivity contribution >= 4 is 5.78 Å². The molecule has 1 rings (SSSR count). The van der Waals surface area contributed by atoms with E-state index in [1.807, 2.05) is 12.1 Å². The predicted molar refractivity (Wildman–Crippen MR) is 72.0 cm³/mol. The maximum absolute atomic E-state index is 11.6. The normalized spacial score (nSPS) is 10.1. The highest BCUT2D eigenvalue weighted by molar-refractivity contribution is 5.78. The van der Waals surface area contributed by atoms with Crippen LogP contribution in [0.2, 0.25) is 0 Å². The number of hydrogen-bond donors (Lipinski definition) is 1. The summed E-state index contributed by atoms with van der Waals surface area (Å²) in [7, 11) is 1.51. The van der Waals surface area contributed by atoms with Crippen LogP contribution < -0.4 is 4.74 Å². The van der Waals surface area contributed by atoms with Gasteiger partial charge in [-0.25, -0.2) is 0 Å². The van der Waals surface area contributed by atoms with Crippen LogP contribution in [0.4, 0.5) is 0 Å². The Morgan fingerprint density at radius 1 is 1.44 bits per heavy atom. The Balaban J connectivity index is 2.43. The molecule has 0 bridgehead atoms. The van der Waals surface area contributed by atoms with Gasteiger partial charge in [-0.1, -0.05) is 12.1 Å². The highest BCUT2D eigenvalue weighted by Crippen LogP contribution is 2.26. The van der Waals surface area contributed by atoms with Gasteiger partial charge < -0.3 is 9.84 Å². The lowest BCUT2D eigenvalue weighted by Gasteiger charge is -2.06. The van der Waals surface area contributed by atoms with Gasteiger partial charge in [0.25, 0.3) is 0 Å². The molecule has 1 aromatic rings. The fourth-order valence-electron chi connectivity index (χ4n) is 1.73. The first kappa shape index (κ1) is 14.3. The number of carbonyl (C=O) groups is 1. The van der Waals surface area contributed by atoms with Gasteiger partial charge in [0, 0.05) is 12.8 Å². The van der Waals surface area contributed by atoms with Crippen molar-refractivity contribution in [3.63, 3.8) is 0 Å². The lowest BCUT2D eigenvalue weighted by molar-refractivity contribution is -0.119. The van der Waals surface area contributed by atoms with Gasteiger partial charge in [-0.2, -0.15) is 0 Å². The maximum atomic E-state index is 11.6. The smallest absolute Gasteiger partial charge is 0.160 e. The summed E-state index contributed by atoms with van der Waals surface area (Å²) in [6, 6.07) is 5.18. The molecule has 3 nitrogen and oxygen atoms in total. The summed E-state index contributed by atoms with van der Waals surface area (Å²) in [5.74, 6) is 0.842. The Bertz CT molecular complexity index is 410. The van der Waals surface area contributed by atoms with Gasteiger partial charge >= 0.3 is 0 Å². The van der Waals surface area contributed by atoms with E-state index >= 15 is 0 Å². The Labute approximate surface area is 108 Å². The van der Waals surface area contributed by atoms with E-state index in [0.29, 0.717) is 25.0 Å². The number of carbonyl (C=O) groups excluding carboxylic acids is 1. The van der Waals surface area contributed by atoms with Crippen LogP contribution in [-0.4, -0.2) is 18.0 Å². The van der Waals surface area contributed by atoms with Crippen molar-refractivity contribution in [2.45, 2.75) is 32.1 Å². The van der Waals surface area contributed by atoms with Crippen LogP contribution in [0.5, 0.6) is 11.5 Å². The zero-order chi connectivity index (χ0) is 13.4. The molecule has 0 aliphatic rings. The number of aromatic hydroxyl groups is 1. The number of ketones is 1. The number of methoxy groups -OCH3 is 1. The van der Waals surface area contributed by atoms with Crippen LogP contribution in [0.1, 0.15) is 31.2 Å². The number of unbranched alkanes of at least 4 members (excludes halogenated alkanes) is 1. The highest BCUT2D eigenvalue weighted by Gasteiger charge is 2.05. The van der Waals surface area contributed by atoms with Gasteiger partial charge in [-0.3, -0.25) is 4.79 Å². The van der Waals surface area contributed by atoms with Crippen molar-refractivity contribution in [2.24, 2.45) is 0 Å². The number of phenolic OH excluding ortho intramolecular Hbond substituents is 1. The van der Waals surface area contributed by atoms with Crippen LogP contribution in [0.15, 0.2) is 30.9 Å². The third-order valence-corrected chi connectivity index (χ3v) is 2.80. The number of hydrogen-bond acceptors (Lipinski definition) is 3. The predicted octanol–water partition coefficient (Wildman–Crippen LogP) is 3.26. The second kappa shape index (κ2) is 7.54. The number of rotatable bonds is 8. The quantitative estimate of drug-likeness (QED) is 0.567. The molecule has 0 saturated heterocycles. The first-order valence-corrected chi connectivity index (χ1v) is 6.16. The minimum absolute atomic E-state index is 0.124. The largest absolute Gasteiger partial charge is 0.504 e. The van der Waals surface area contributed by atoms with Crippen molar-refractivity contribution in [1.82, 2.24) is 0 Å². The molecule has 0 aliphatic heterocycles. The first-order valence-electron chi connectivity index (χ1n) is 6.16. The molecule has 0 aliphatic carbocycles. The topological polar surface area (TPSA) is 46.5 Å². The van der Waals surface area contributed by atoms with Crippen LogP contribution >= 0.6 is 0 Å². The number of allylic oxidation sites excluding steroid dienone is 1. The lowest BCUT2D eigenvalue weighted by Crippen LogP contribution is -2.00. The summed E-state index contributed by atoms with van der Waals surface area (Å²) in [6.45, 7) is 3.63. The van der Waals surface area contributed by atoms with E-state index in [9.17, 15) is 9.90 Å². The van der Waals surface area contributed by atoms with E-state index in [1.165, 1.54) is 7.11 Å². The molecule has 0 atom stereocenters. The molecule has 98 valence electrons. The van der Waals surface area contributed by atoms with Gasteiger partial charge in [-0.05, 0) is 37.0 Å². The van der Waals surface area contributed by atoms with Crippen molar-refractivity contribution in [1.29, 1.82) is 0 Å². The fourth-order valence-corrected chi connectivity index (χ4v) is 1.73. The van der Waals surface area contributed by atoms with Crippen molar-refractivity contribution in [3.8, 4) is 11.5 Å². The summed E-state index contributed by atoms with van der Waals surface area (Å²) in [4.78, 5) is 11.6. The molecule has 0 amide bonds. The van der Waals surface area contributed by atoms with Crippen LogP contribution in [0.3, 0.4) is 0 Å². The fraction of sp³-hybridized carbons (Fsp3) is 0.400. The minimum Gasteiger partial charge on any atom is -0.504 e. The molecule has 3 heteroatoms. The second-order valence-electron chi connectivity index (χ2n) is 4.23. The van der Waals surface area contributed by atoms with Crippen molar-refractivity contribution in [2.75, 3.05) is 7.11 Å². The van der Waals surface area contributed by atoms with Crippen molar-refractivity contribution < 1.29 is 14.6 Å². The SMILES string of the molecule is C=CCCCC(=O)CCc1ccc(O)c(OC)c1. The third-order valence-electron chi connectivity index (χ3n) is 2.80. The van der Waals surface area contributed by atoms with E-state index in [1.54, 1.807) is 12.1 Å². The number of Topliss-reactive ketones (excluding diaryl/α,β-unsaturated/α-hetero) is 1. The molecular weight excluding hydrogens is 228 g/mol. The number of ether oxygens (including phenoxy) is 1. The molecule has 0 unspecified atom stereocenters. The van der Waals surface area contributed by atoms with E-state index < -0.39 is 0 Å². The summed E-state index contributed by atoms with van der Waals surface area (Å²) in [5.41, 5.74) is 1.00. The van der Waals surface area contributed by atoms with Crippen LogP contribution in [-0.2, 0) is 11.2 Å². The van der Waals surface area contributed by atoms with Gasteiger partial charge in [-0.15, -0.1) is 6.58 Å². The Kier molecular flexibility index (Phi) is 5.98. The average Bonchev–Trinajstić information content (AvgIpc) is 2.38.